The van der Waals surface area contributed by atoms with E-state index in [4.69, 9.17) is 9.47 Å². The summed E-state index contributed by atoms with van der Waals surface area (Å²) in [6, 6.07) is 16.1. The molecule has 138 valence electrons. The van der Waals surface area contributed by atoms with Gasteiger partial charge in [-0.25, -0.2) is 4.79 Å². The summed E-state index contributed by atoms with van der Waals surface area (Å²) in [4.78, 5) is 12.9. The first-order valence-electron chi connectivity index (χ1n) is 9.30. The standard InChI is InChI=1S/C23H23NO3/c1-4-5-12-27-23(25)19-13-15-8-6-7-9-17(15)21-18-14-16(26-3)10-11-20(18)24(2)22(19)21/h6-11,13-14H,4-5,12H2,1-3H3. The number of hydrogen-bond acceptors (Lipinski definition) is 3. The third-order valence-corrected chi connectivity index (χ3v) is 5.14. The molecule has 0 aliphatic carbocycles. The van der Waals surface area contributed by atoms with Crippen LogP contribution in [-0.4, -0.2) is 24.3 Å². The molecule has 4 aromatic rings. The van der Waals surface area contributed by atoms with E-state index in [-0.39, 0.29) is 5.97 Å². The summed E-state index contributed by atoms with van der Waals surface area (Å²) in [6.45, 7) is 2.53. The zero-order valence-corrected chi connectivity index (χ0v) is 15.9. The largest absolute Gasteiger partial charge is 0.497 e. The van der Waals surface area contributed by atoms with E-state index in [9.17, 15) is 4.79 Å². The predicted octanol–water partition coefficient (Wildman–Crippen LogP) is 5.45. The van der Waals surface area contributed by atoms with Crippen molar-refractivity contribution in [3.05, 3.63) is 54.1 Å². The molecule has 4 nitrogen and oxygen atoms in total. The number of aryl methyl sites for hydroxylation is 1. The predicted molar refractivity (Wildman–Crippen MR) is 110 cm³/mol. The monoisotopic (exact) mass is 361 g/mol. The van der Waals surface area contributed by atoms with Crippen LogP contribution in [0.2, 0.25) is 0 Å². The van der Waals surface area contributed by atoms with E-state index in [0.29, 0.717) is 12.2 Å². The normalized spacial score (nSPS) is 11.4. The second kappa shape index (κ2) is 6.95. The molecule has 0 N–H and O–H groups in total. The van der Waals surface area contributed by atoms with Crippen LogP contribution in [0.15, 0.2) is 48.5 Å². The third-order valence-electron chi connectivity index (χ3n) is 5.14. The molecule has 4 rings (SSSR count). The average Bonchev–Trinajstić information content (AvgIpc) is 3.00. The maximum atomic E-state index is 12.9. The van der Waals surface area contributed by atoms with Gasteiger partial charge in [0.05, 0.1) is 24.8 Å². The van der Waals surface area contributed by atoms with E-state index in [1.807, 2.05) is 49.5 Å². The Bertz CT molecular complexity index is 1160. The SMILES string of the molecule is CCCCOC(=O)c1cc2ccccc2c2c3cc(OC)ccc3n(C)c12. The number of rotatable bonds is 5. The molecule has 0 spiro atoms. The number of ether oxygens (including phenoxy) is 2. The molecule has 3 aromatic carbocycles. The first-order chi connectivity index (χ1) is 13.2. The number of benzene rings is 3. The highest BCUT2D eigenvalue weighted by atomic mass is 16.5. The molecule has 1 heterocycles. The van der Waals surface area contributed by atoms with Crippen molar-refractivity contribution >= 4 is 38.5 Å². The van der Waals surface area contributed by atoms with Crippen molar-refractivity contribution < 1.29 is 14.3 Å². The van der Waals surface area contributed by atoms with Gasteiger partial charge in [0.25, 0.3) is 0 Å². The zero-order valence-electron chi connectivity index (χ0n) is 15.9. The lowest BCUT2D eigenvalue weighted by atomic mass is 10.00. The fourth-order valence-electron chi connectivity index (χ4n) is 3.76. The fourth-order valence-corrected chi connectivity index (χ4v) is 3.76. The highest BCUT2D eigenvalue weighted by Crippen LogP contribution is 2.38. The van der Waals surface area contributed by atoms with E-state index in [1.54, 1.807) is 7.11 Å². The highest BCUT2D eigenvalue weighted by Gasteiger charge is 2.20. The van der Waals surface area contributed by atoms with Gasteiger partial charge in [-0.3, -0.25) is 0 Å². The smallest absolute Gasteiger partial charge is 0.340 e. The van der Waals surface area contributed by atoms with Crippen LogP contribution in [0.3, 0.4) is 0 Å². The minimum atomic E-state index is -0.267. The number of carbonyl (C=O) groups excluding carboxylic acids is 1. The van der Waals surface area contributed by atoms with Gasteiger partial charge in [0.15, 0.2) is 0 Å². The van der Waals surface area contributed by atoms with Crippen LogP contribution in [0.1, 0.15) is 30.1 Å². The van der Waals surface area contributed by atoms with Gasteiger partial charge in [-0.05, 0) is 41.5 Å². The summed E-state index contributed by atoms with van der Waals surface area (Å²) in [5, 5.41) is 4.29. The number of nitrogens with zero attached hydrogens (tertiary/aromatic N) is 1. The molecule has 0 amide bonds. The van der Waals surface area contributed by atoms with Gasteiger partial charge < -0.3 is 14.0 Å². The van der Waals surface area contributed by atoms with E-state index in [2.05, 4.69) is 17.6 Å². The Labute approximate surface area is 158 Å². The first-order valence-corrected chi connectivity index (χ1v) is 9.30. The van der Waals surface area contributed by atoms with Crippen molar-refractivity contribution in [2.75, 3.05) is 13.7 Å². The van der Waals surface area contributed by atoms with Crippen molar-refractivity contribution in [1.29, 1.82) is 0 Å². The summed E-state index contributed by atoms with van der Waals surface area (Å²) in [5.74, 6) is 0.534. The molecule has 27 heavy (non-hydrogen) atoms. The number of fused-ring (bicyclic) bond motifs is 5. The number of methoxy groups -OCH3 is 1. The Morgan fingerprint density at radius 2 is 1.89 bits per heavy atom. The van der Waals surface area contributed by atoms with Crippen LogP contribution in [0.5, 0.6) is 5.75 Å². The van der Waals surface area contributed by atoms with Crippen LogP contribution in [0, 0.1) is 0 Å². The topological polar surface area (TPSA) is 40.5 Å². The van der Waals surface area contributed by atoms with E-state index >= 15 is 0 Å². The highest BCUT2D eigenvalue weighted by molar-refractivity contribution is 6.25. The molecular formula is C23H23NO3. The maximum absolute atomic E-state index is 12.9. The lowest BCUT2D eigenvalue weighted by Crippen LogP contribution is -2.08. The van der Waals surface area contributed by atoms with Gasteiger partial charge in [0.2, 0.25) is 0 Å². The van der Waals surface area contributed by atoms with Gasteiger partial charge in [-0.1, -0.05) is 37.6 Å². The average molecular weight is 361 g/mol. The molecule has 0 aliphatic rings. The van der Waals surface area contributed by atoms with Crippen molar-refractivity contribution in [2.24, 2.45) is 7.05 Å². The van der Waals surface area contributed by atoms with Crippen molar-refractivity contribution in [3.8, 4) is 5.75 Å². The quantitative estimate of drug-likeness (QED) is 0.350. The maximum Gasteiger partial charge on any atom is 0.340 e. The Balaban J connectivity index is 2.07. The van der Waals surface area contributed by atoms with Crippen LogP contribution >= 0.6 is 0 Å². The third kappa shape index (κ3) is 2.81. The van der Waals surface area contributed by atoms with Crippen LogP contribution < -0.4 is 4.74 Å². The Kier molecular flexibility index (Phi) is 4.48. The lowest BCUT2D eigenvalue weighted by Gasteiger charge is -2.10. The Morgan fingerprint density at radius 3 is 2.67 bits per heavy atom. The summed E-state index contributed by atoms with van der Waals surface area (Å²) in [6.07, 6.45) is 1.86. The van der Waals surface area contributed by atoms with Crippen LogP contribution in [0.25, 0.3) is 32.6 Å². The fraction of sp³-hybridized carbons (Fsp3) is 0.261. The molecule has 0 radical (unpaired) electrons. The molecule has 0 aliphatic heterocycles. The molecule has 0 saturated carbocycles. The minimum absolute atomic E-state index is 0.267. The number of esters is 1. The number of unbranched alkanes of at least 4 members (excludes halogenated alkanes) is 1. The summed E-state index contributed by atoms with van der Waals surface area (Å²) >= 11 is 0. The van der Waals surface area contributed by atoms with Crippen LogP contribution in [0.4, 0.5) is 0 Å². The number of aromatic nitrogens is 1. The van der Waals surface area contributed by atoms with Gasteiger partial charge in [-0.15, -0.1) is 0 Å². The Hall–Kier alpha value is -3.01. The first kappa shape index (κ1) is 17.4. The molecule has 0 saturated heterocycles. The molecule has 4 heteroatoms. The van der Waals surface area contributed by atoms with E-state index < -0.39 is 0 Å². The zero-order chi connectivity index (χ0) is 19.0. The molecular weight excluding hydrogens is 338 g/mol. The van der Waals surface area contributed by atoms with E-state index in [1.165, 1.54) is 0 Å². The molecule has 0 fully saturated rings. The van der Waals surface area contributed by atoms with Crippen molar-refractivity contribution in [2.45, 2.75) is 19.8 Å². The number of carbonyl (C=O) groups is 1. The molecule has 0 atom stereocenters. The summed E-state index contributed by atoms with van der Waals surface area (Å²) in [5.41, 5.74) is 2.57. The van der Waals surface area contributed by atoms with Crippen molar-refractivity contribution in [3.63, 3.8) is 0 Å². The molecule has 0 bridgehead atoms. The molecule has 0 unspecified atom stereocenters. The van der Waals surface area contributed by atoms with Gasteiger partial charge in [0.1, 0.15) is 5.75 Å². The van der Waals surface area contributed by atoms with E-state index in [0.717, 1.165) is 51.2 Å². The van der Waals surface area contributed by atoms with Gasteiger partial charge in [-0.2, -0.15) is 0 Å². The van der Waals surface area contributed by atoms with Gasteiger partial charge in [0, 0.05) is 23.3 Å². The second-order valence-electron chi connectivity index (χ2n) is 6.80. The lowest BCUT2D eigenvalue weighted by molar-refractivity contribution is 0.0502. The number of hydrogen-bond donors (Lipinski definition) is 0. The molecule has 1 aromatic heterocycles. The second-order valence-corrected chi connectivity index (χ2v) is 6.80. The van der Waals surface area contributed by atoms with Crippen molar-refractivity contribution in [1.82, 2.24) is 4.57 Å². The Morgan fingerprint density at radius 1 is 1.07 bits per heavy atom. The minimum Gasteiger partial charge on any atom is -0.497 e. The summed E-state index contributed by atoms with van der Waals surface area (Å²) < 4.78 is 13.1. The summed E-state index contributed by atoms with van der Waals surface area (Å²) in [7, 11) is 3.66. The van der Waals surface area contributed by atoms with Crippen LogP contribution in [-0.2, 0) is 11.8 Å². The van der Waals surface area contributed by atoms with Gasteiger partial charge >= 0.3 is 5.97 Å².